The van der Waals surface area contributed by atoms with Crippen molar-refractivity contribution >= 4 is 11.9 Å². The summed E-state index contributed by atoms with van der Waals surface area (Å²) in [5.41, 5.74) is 1.94. The Balaban J connectivity index is 0.000000412. The Bertz CT molecular complexity index is 567. The minimum absolute atomic E-state index is 0.263. The van der Waals surface area contributed by atoms with E-state index in [4.69, 9.17) is 14.6 Å². The van der Waals surface area contributed by atoms with Gasteiger partial charge in [-0.25, -0.2) is 9.59 Å². The van der Waals surface area contributed by atoms with Crippen LogP contribution in [0.15, 0.2) is 24.3 Å². The summed E-state index contributed by atoms with van der Waals surface area (Å²) in [7, 11) is 1.41. The van der Waals surface area contributed by atoms with Crippen LogP contribution in [-0.2, 0) is 16.0 Å². The molecule has 1 aliphatic heterocycles. The van der Waals surface area contributed by atoms with Crippen LogP contribution in [0.25, 0.3) is 0 Å². The van der Waals surface area contributed by atoms with E-state index in [1.165, 1.54) is 51.4 Å². The molecule has 5 nitrogen and oxygen atoms in total. The molecule has 2 N–H and O–H groups in total. The first kappa shape index (κ1) is 22.0. The lowest BCUT2D eigenvalue weighted by molar-refractivity contribution is -0.192. The van der Waals surface area contributed by atoms with Crippen molar-refractivity contribution in [3.8, 4) is 0 Å². The predicted molar refractivity (Wildman–Crippen MR) is 90.0 cm³/mol. The van der Waals surface area contributed by atoms with Gasteiger partial charge in [-0.2, -0.15) is 13.2 Å². The Morgan fingerprint density at radius 2 is 1.73 bits per heavy atom. The molecular formula is C18H24F3NO4. The molecule has 0 amide bonds. The average Bonchev–Trinajstić information content (AvgIpc) is 2.62. The molecule has 1 fully saturated rings. The largest absolute Gasteiger partial charge is 0.490 e. The number of aryl methyl sites for hydroxylation is 1. The minimum Gasteiger partial charge on any atom is -0.475 e. The lowest BCUT2D eigenvalue weighted by atomic mass is 9.91. The number of hydrogen-bond donors (Lipinski definition) is 2. The van der Waals surface area contributed by atoms with Crippen molar-refractivity contribution in [1.29, 1.82) is 0 Å². The molecule has 0 atom stereocenters. The molecule has 0 saturated carbocycles. The van der Waals surface area contributed by atoms with E-state index in [2.05, 4.69) is 5.32 Å². The van der Waals surface area contributed by atoms with Crippen molar-refractivity contribution in [2.24, 2.45) is 5.92 Å². The number of ether oxygens (including phenoxy) is 1. The molecule has 1 heterocycles. The quantitative estimate of drug-likeness (QED) is 0.772. The summed E-state index contributed by atoms with van der Waals surface area (Å²) in [5, 5.41) is 10.5. The molecule has 2 rings (SSSR count). The van der Waals surface area contributed by atoms with E-state index in [-0.39, 0.29) is 5.97 Å². The van der Waals surface area contributed by atoms with Crippen molar-refractivity contribution in [2.75, 3.05) is 20.2 Å². The fourth-order valence-electron chi connectivity index (χ4n) is 2.69. The van der Waals surface area contributed by atoms with E-state index in [1.807, 2.05) is 24.3 Å². The van der Waals surface area contributed by atoms with Crippen molar-refractivity contribution in [2.45, 2.75) is 38.3 Å². The van der Waals surface area contributed by atoms with Crippen molar-refractivity contribution in [3.63, 3.8) is 0 Å². The molecule has 0 aromatic heterocycles. The van der Waals surface area contributed by atoms with Crippen LogP contribution in [0.4, 0.5) is 13.2 Å². The minimum atomic E-state index is -5.08. The van der Waals surface area contributed by atoms with Gasteiger partial charge in [-0.05, 0) is 62.4 Å². The average molecular weight is 375 g/mol. The van der Waals surface area contributed by atoms with E-state index < -0.39 is 12.1 Å². The van der Waals surface area contributed by atoms with Crippen LogP contribution >= 0.6 is 0 Å². The second kappa shape index (κ2) is 10.8. The highest BCUT2D eigenvalue weighted by molar-refractivity contribution is 5.89. The summed E-state index contributed by atoms with van der Waals surface area (Å²) < 4.78 is 36.4. The Morgan fingerprint density at radius 1 is 1.19 bits per heavy atom. The lowest BCUT2D eigenvalue weighted by Gasteiger charge is -2.22. The molecule has 146 valence electrons. The van der Waals surface area contributed by atoms with E-state index in [0.717, 1.165) is 12.3 Å². The fourth-order valence-corrected chi connectivity index (χ4v) is 2.69. The van der Waals surface area contributed by atoms with Gasteiger partial charge in [0.2, 0.25) is 0 Å². The number of carbonyl (C=O) groups is 2. The molecule has 1 aliphatic rings. The number of carboxylic acid groups (broad SMARTS) is 1. The van der Waals surface area contributed by atoms with Crippen LogP contribution in [-0.4, -0.2) is 43.4 Å². The van der Waals surface area contributed by atoms with Crippen LogP contribution in [0.2, 0.25) is 0 Å². The lowest BCUT2D eigenvalue weighted by Crippen LogP contribution is -2.27. The van der Waals surface area contributed by atoms with Gasteiger partial charge >= 0.3 is 18.1 Å². The molecule has 0 aliphatic carbocycles. The second-order valence-electron chi connectivity index (χ2n) is 6.08. The molecule has 1 saturated heterocycles. The molecule has 0 bridgehead atoms. The molecule has 0 radical (unpaired) electrons. The number of methoxy groups -OCH3 is 1. The number of halogens is 3. The Kier molecular flexibility index (Phi) is 9.12. The SMILES string of the molecule is COC(=O)c1ccc(CCCC2CCNCC2)cc1.O=C(O)C(F)(F)F. The summed E-state index contributed by atoms with van der Waals surface area (Å²) in [6.07, 6.45) is 1.22. The first-order chi connectivity index (χ1) is 12.2. The van der Waals surface area contributed by atoms with Gasteiger partial charge in [0, 0.05) is 0 Å². The van der Waals surface area contributed by atoms with Gasteiger partial charge in [-0.15, -0.1) is 0 Å². The number of carboxylic acids is 1. The third-order valence-corrected chi connectivity index (χ3v) is 4.15. The summed E-state index contributed by atoms with van der Waals surface area (Å²) >= 11 is 0. The van der Waals surface area contributed by atoms with Crippen LogP contribution in [0.3, 0.4) is 0 Å². The molecule has 26 heavy (non-hydrogen) atoms. The van der Waals surface area contributed by atoms with Gasteiger partial charge in [-0.3, -0.25) is 0 Å². The van der Waals surface area contributed by atoms with Gasteiger partial charge in [0.1, 0.15) is 0 Å². The zero-order valence-electron chi connectivity index (χ0n) is 14.6. The normalized spacial score (nSPS) is 14.9. The fraction of sp³-hybridized carbons (Fsp3) is 0.556. The highest BCUT2D eigenvalue weighted by Gasteiger charge is 2.38. The molecule has 0 unspecified atom stereocenters. The van der Waals surface area contributed by atoms with Crippen molar-refractivity contribution in [1.82, 2.24) is 5.32 Å². The van der Waals surface area contributed by atoms with Crippen molar-refractivity contribution < 1.29 is 32.6 Å². The maximum absolute atomic E-state index is 11.3. The first-order valence-corrected chi connectivity index (χ1v) is 8.42. The smallest absolute Gasteiger partial charge is 0.475 e. The van der Waals surface area contributed by atoms with Crippen molar-refractivity contribution in [3.05, 3.63) is 35.4 Å². The van der Waals surface area contributed by atoms with Gasteiger partial charge in [-0.1, -0.05) is 18.6 Å². The Labute approximate surface area is 150 Å². The van der Waals surface area contributed by atoms with Crippen LogP contribution in [0, 0.1) is 5.92 Å². The van der Waals surface area contributed by atoms with E-state index in [9.17, 15) is 18.0 Å². The monoisotopic (exact) mass is 375 g/mol. The third-order valence-electron chi connectivity index (χ3n) is 4.15. The third kappa shape index (κ3) is 8.33. The number of carbonyl (C=O) groups excluding carboxylic acids is 1. The molecule has 1 aromatic rings. The van der Waals surface area contributed by atoms with Gasteiger partial charge < -0.3 is 15.2 Å². The zero-order chi connectivity index (χ0) is 19.6. The summed E-state index contributed by atoms with van der Waals surface area (Å²) in [6.45, 7) is 2.36. The summed E-state index contributed by atoms with van der Waals surface area (Å²) in [6, 6.07) is 7.78. The highest BCUT2D eigenvalue weighted by Crippen LogP contribution is 2.19. The molecule has 8 heteroatoms. The Hall–Kier alpha value is -2.09. The number of rotatable bonds is 5. The first-order valence-electron chi connectivity index (χ1n) is 8.42. The summed E-state index contributed by atoms with van der Waals surface area (Å²) in [4.78, 5) is 20.2. The molecule has 1 aromatic carbocycles. The number of piperidine rings is 1. The van der Waals surface area contributed by atoms with E-state index in [1.54, 1.807) is 0 Å². The van der Waals surface area contributed by atoms with Crippen LogP contribution in [0.5, 0.6) is 0 Å². The number of nitrogens with one attached hydrogen (secondary N) is 1. The number of alkyl halides is 3. The standard InChI is InChI=1S/C16H23NO2.C2HF3O2/c1-19-16(18)15-7-5-13(6-8-15)3-2-4-14-9-11-17-12-10-14;3-2(4,5)1(6)7/h5-8,14,17H,2-4,9-12H2,1H3;(H,6,7). The zero-order valence-corrected chi connectivity index (χ0v) is 14.6. The number of benzene rings is 1. The number of hydrogen-bond acceptors (Lipinski definition) is 4. The second-order valence-corrected chi connectivity index (χ2v) is 6.08. The summed E-state index contributed by atoms with van der Waals surface area (Å²) in [5.74, 6) is -2.12. The maximum atomic E-state index is 11.3. The maximum Gasteiger partial charge on any atom is 0.490 e. The highest BCUT2D eigenvalue weighted by atomic mass is 19.4. The van der Waals surface area contributed by atoms with Gasteiger partial charge in [0.05, 0.1) is 12.7 Å². The topological polar surface area (TPSA) is 75.6 Å². The van der Waals surface area contributed by atoms with Gasteiger partial charge in [0.25, 0.3) is 0 Å². The molecular weight excluding hydrogens is 351 g/mol. The van der Waals surface area contributed by atoms with Crippen LogP contribution in [0.1, 0.15) is 41.6 Å². The Morgan fingerprint density at radius 3 is 2.19 bits per heavy atom. The van der Waals surface area contributed by atoms with Crippen LogP contribution < -0.4 is 5.32 Å². The van der Waals surface area contributed by atoms with E-state index in [0.29, 0.717) is 5.56 Å². The number of esters is 1. The number of aliphatic carboxylic acids is 1. The predicted octanol–water partition coefficient (Wildman–Crippen LogP) is 3.43. The van der Waals surface area contributed by atoms with Gasteiger partial charge in [0.15, 0.2) is 0 Å². The van der Waals surface area contributed by atoms with E-state index >= 15 is 0 Å². The molecule has 0 spiro atoms.